The van der Waals surface area contributed by atoms with E-state index >= 15 is 0 Å². The Morgan fingerprint density at radius 3 is 2.75 bits per heavy atom. The first-order valence-corrected chi connectivity index (χ1v) is 5.30. The summed E-state index contributed by atoms with van der Waals surface area (Å²) >= 11 is 0. The summed E-state index contributed by atoms with van der Waals surface area (Å²) in [4.78, 5) is 13.3. The normalized spacial score (nSPS) is 9.69. The number of nitrogens with zero attached hydrogens (tertiary/aromatic N) is 1. The minimum absolute atomic E-state index is 0.0101. The van der Waals surface area contributed by atoms with Crippen LogP contribution in [-0.4, -0.2) is 33.2 Å². The average molecular weight is 222 g/mol. The summed E-state index contributed by atoms with van der Waals surface area (Å²) in [5, 5.41) is 2.76. The van der Waals surface area contributed by atoms with Gasteiger partial charge in [-0.2, -0.15) is 0 Å². The predicted molar refractivity (Wildman–Crippen MR) is 64.9 cm³/mol. The highest BCUT2D eigenvalue weighted by molar-refractivity contribution is 5.81. The number of amides is 1. The van der Waals surface area contributed by atoms with Gasteiger partial charge in [0, 0.05) is 13.6 Å². The third-order valence-corrected chi connectivity index (χ3v) is 2.25. The van der Waals surface area contributed by atoms with Gasteiger partial charge in [0.2, 0.25) is 5.91 Å². The molecule has 1 aromatic carbocycles. The van der Waals surface area contributed by atoms with Gasteiger partial charge in [-0.1, -0.05) is 12.1 Å². The number of carbonyl (C=O) groups is 1. The number of nitrogens with one attached hydrogen (secondary N) is 1. The van der Waals surface area contributed by atoms with Crippen molar-refractivity contribution in [3.05, 3.63) is 24.3 Å². The van der Waals surface area contributed by atoms with Crippen molar-refractivity contribution >= 4 is 11.6 Å². The highest BCUT2D eigenvalue weighted by Gasteiger charge is 2.10. The maximum Gasteiger partial charge on any atom is 0.239 e. The third kappa shape index (κ3) is 3.15. The van der Waals surface area contributed by atoms with Crippen LogP contribution >= 0.6 is 0 Å². The van der Waals surface area contributed by atoms with E-state index in [0.29, 0.717) is 13.1 Å². The van der Waals surface area contributed by atoms with Crippen molar-refractivity contribution < 1.29 is 9.53 Å². The van der Waals surface area contributed by atoms with Crippen LogP contribution in [0.25, 0.3) is 0 Å². The number of benzene rings is 1. The molecule has 88 valence electrons. The summed E-state index contributed by atoms with van der Waals surface area (Å²) < 4.78 is 5.23. The lowest BCUT2D eigenvalue weighted by Gasteiger charge is -2.20. The van der Waals surface area contributed by atoms with Crippen molar-refractivity contribution in [2.45, 2.75) is 6.92 Å². The smallest absolute Gasteiger partial charge is 0.239 e. The molecule has 0 fully saturated rings. The molecule has 0 saturated carbocycles. The largest absolute Gasteiger partial charge is 0.495 e. The van der Waals surface area contributed by atoms with E-state index in [2.05, 4.69) is 5.32 Å². The number of likely N-dealkylation sites (N-methyl/N-ethyl adjacent to an activating group) is 2. The van der Waals surface area contributed by atoms with Crippen LogP contribution in [0.4, 0.5) is 5.69 Å². The lowest BCUT2D eigenvalue weighted by Crippen LogP contribution is -2.35. The standard InChI is InChI=1S/C12H18N2O2/c1-4-13-12(15)9-14(2)10-7-5-6-8-11(10)16-3/h5-8H,4,9H2,1-3H3,(H,13,15). The Bertz CT molecular complexity index is 353. The molecule has 4 heteroatoms. The molecule has 1 N–H and O–H groups in total. The Kier molecular flexibility index (Phi) is 4.64. The monoisotopic (exact) mass is 222 g/mol. The number of ether oxygens (including phenoxy) is 1. The first kappa shape index (κ1) is 12.4. The maximum atomic E-state index is 11.4. The molecule has 0 atom stereocenters. The van der Waals surface area contributed by atoms with Crippen molar-refractivity contribution in [2.75, 3.05) is 32.1 Å². The van der Waals surface area contributed by atoms with Crippen LogP contribution in [0.3, 0.4) is 0 Å². The molecule has 0 aliphatic carbocycles. The zero-order valence-electron chi connectivity index (χ0n) is 9.99. The molecule has 16 heavy (non-hydrogen) atoms. The fourth-order valence-electron chi connectivity index (χ4n) is 1.50. The van der Waals surface area contributed by atoms with Crippen molar-refractivity contribution in [1.82, 2.24) is 5.32 Å². The van der Waals surface area contributed by atoms with Crippen LogP contribution < -0.4 is 15.0 Å². The van der Waals surface area contributed by atoms with Crippen molar-refractivity contribution in [1.29, 1.82) is 0 Å². The second-order valence-corrected chi connectivity index (χ2v) is 3.48. The van der Waals surface area contributed by atoms with E-state index < -0.39 is 0 Å². The topological polar surface area (TPSA) is 41.6 Å². The van der Waals surface area contributed by atoms with Gasteiger partial charge in [0.1, 0.15) is 5.75 Å². The molecule has 1 aromatic rings. The van der Waals surface area contributed by atoms with Gasteiger partial charge in [-0.25, -0.2) is 0 Å². The molecular formula is C12H18N2O2. The van der Waals surface area contributed by atoms with Crippen LogP contribution in [0.1, 0.15) is 6.92 Å². The van der Waals surface area contributed by atoms with E-state index in [4.69, 9.17) is 4.74 Å². The molecule has 1 rings (SSSR count). The van der Waals surface area contributed by atoms with Crippen LogP contribution in [0.5, 0.6) is 5.75 Å². The number of para-hydroxylation sites is 2. The zero-order chi connectivity index (χ0) is 12.0. The highest BCUT2D eigenvalue weighted by Crippen LogP contribution is 2.26. The van der Waals surface area contributed by atoms with Crippen molar-refractivity contribution in [3.8, 4) is 5.75 Å². The zero-order valence-corrected chi connectivity index (χ0v) is 9.99. The molecule has 0 aliphatic rings. The Morgan fingerprint density at radius 1 is 1.44 bits per heavy atom. The molecule has 4 nitrogen and oxygen atoms in total. The fourth-order valence-corrected chi connectivity index (χ4v) is 1.50. The number of anilines is 1. The number of hydrogen-bond donors (Lipinski definition) is 1. The number of carbonyl (C=O) groups excluding carboxylic acids is 1. The van der Waals surface area contributed by atoms with Crippen LogP contribution in [0.15, 0.2) is 24.3 Å². The van der Waals surface area contributed by atoms with Crippen molar-refractivity contribution in [2.24, 2.45) is 0 Å². The van der Waals surface area contributed by atoms with Gasteiger partial charge in [-0.05, 0) is 19.1 Å². The molecule has 0 aliphatic heterocycles. The van der Waals surface area contributed by atoms with E-state index in [9.17, 15) is 4.79 Å². The fraction of sp³-hybridized carbons (Fsp3) is 0.417. The first-order valence-electron chi connectivity index (χ1n) is 5.30. The first-order chi connectivity index (χ1) is 7.69. The number of rotatable bonds is 5. The summed E-state index contributed by atoms with van der Waals surface area (Å²) in [6.07, 6.45) is 0. The number of methoxy groups -OCH3 is 1. The molecule has 0 unspecified atom stereocenters. The predicted octanol–water partition coefficient (Wildman–Crippen LogP) is 1.27. The molecule has 0 spiro atoms. The van der Waals surface area contributed by atoms with Crippen LogP contribution in [0.2, 0.25) is 0 Å². The Morgan fingerprint density at radius 2 is 2.12 bits per heavy atom. The summed E-state index contributed by atoms with van der Waals surface area (Å²) in [6.45, 7) is 2.88. The van der Waals surface area contributed by atoms with E-state index in [-0.39, 0.29) is 5.91 Å². The maximum absolute atomic E-state index is 11.4. The van der Waals surface area contributed by atoms with Crippen molar-refractivity contribution in [3.63, 3.8) is 0 Å². The van der Waals surface area contributed by atoms with E-state index in [1.807, 2.05) is 43.1 Å². The Balaban J connectivity index is 2.72. The number of hydrogen-bond acceptors (Lipinski definition) is 3. The molecule has 0 bridgehead atoms. The second kappa shape index (κ2) is 6.00. The van der Waals surface area contributed by atoms with Gasteiger partial charge in [-0.3, -0.25) is 4.79 Å². The second-order valence-electron chi connectivity index (χ2n) is 3.48. The minimum atomic E-state index is 0.0101. The minimum Gasteiger partial charge on any atom is -0.495 e. The Hall–Kier alpha value is -1.71. The molecule has 1 amide bonds. The van der Waals surface area contributed by atoms with Gasteiger partial charge in [0.15, 0.2) is 0 Å². The van der Waals surface area contributed by atoms with E-state index in [0.717, 1.165) is 11.4 Å². The summed E-state index contributed by atoms with van der Waals surface area (Å²) in [5.74, 6) is 0.783. The summed E-state index contributed by atoms with van der Waals surface area (Å²) in [7, 11) is 3.49. The lowest BCUT2D eigenvalue weighted by atomic mass is 10.2. The van der Waals surface area contributed by atoms with Gasteiger partial charge < -0.3 is 15.0 Å². The molecule has 0 radical (unpaired) electrons. The quantitative estimate of drug-likeness (QED) is 0.815. The SMILES string of the molecule is CCNC(=O)CN(C)c1ccccc1OC. The molecule has 0 aromatic heterocycles. The van der Waals surface area contributed by atoms with Crippen LogP contribution in [0, 0.1) is 0 Å². The molecule has 0 heterocycles. The Labute approximate surface area is 96.2 Å². The highest BCUT2D eigenvalue weighted by atomic mass is 16.5. The average Bonchev–Trinajstić information content (AvgIpc) is 2.29. The van der Waals surface area contributed by atoms with E-state index in [1.165, 1.54) is 0 Å². The third-order valence-electron chi connectivity index (χ3n) is 2.25. The molecule has 0 saturated heterocycles. The van der Waals surface area contributed by atoms with Gasteiger partial charge in [-0.15, -0.1) is 0 Å². The lowest BCUT2D eigenvalue weighted by molar-refractivity contribution is -0.119. The molecular weight excluding hydrogens is 204 g/mol. The van der Waals surface area contributed by atoms with Gasteiger partial charge in [0.25, 0.3) is 0 Å². The van der Waals surface area contributed by atoms with Gasteiger partial charge >= 0.3 is 0 Å². The van der Waals surface area contributed by atoms with E-state index in [1.54, 1.807) is 7.11 Å². The van der Waals surface area contributed by atoms with Gasteiger partial charge in [0.05, 0.1) is 19.3 Å². The summed E-state index contributed by atoms with van der Waals surface area (Å²) in [6, 6.07) is 7.63. The summed E-state index contributed by atoms with van der Waals surface area (Å²) in [5.41, 5.74) is 0.913. The van der Waals surface area contributed by atoms with Crippen LogP contribution in [-0.2, 0) is 4.79 Å².